The van der Waals surface area contributed by atoms with Crippen LogP contribution in [0.15, 0.2) is 36.4 Å². The SMILES string of the molecule is CNc1ccc(C2(F)CCN(C(=O)c3cc(-c4nnc(OC)[nH]4)c(C4CC4)cc3C)CC2)cc1. The van der Waals surface area contributed by atoms with Crippen molar-refractivity contribution in [1.82, 2.24) is 20.1 Å². The Morgan fingerprint density at radius 1 is 1.18 bits per heavy atom. The summed E-state index contributed by atoms with van der Waals surface area (Å²) in [7, 11) is 3.38. The molecule has 0 unspecified atom stereocenters. The highest BCUT2D eigenvalue weighted by atomic mass is 19.1. The van der Waals surface area contributed by atoms with Gasteiger partial charge in [-0.2, -0.15) is 0 Å². The van der Waals surface area contributed by atoms with E-state index in [2.05, 4.69) is 26.6 Å². The number of hydrogen-bond donors (Lipinski definition) is 2. The zero-order valence-corrected chi connectivity index (χ0v) is 19.8. The highest BCUT2D eigenvalue weighted by Gasteiger charge is 2.38. The molecular weight excluding hydrogens is 433 g/mol. The molecule has 1 saturated carbocycles. The van der Waals surface area contributed by atoms with Crippen LogP contribution in [-0.4, -0.2) is 53.2 Å². The molecule has 2 aromatic carbocycles. The summed E-state index contributed by atoms with van der Waals surface area (Å²) in [6.45, 7) is 2.72. The molecule has 2 fully saturated rings. The lowest BCUT2D eigenvalue weighted by molar-refractivity contribution is 0.0421. The summed E-state index contributed by atoms with van der Waals surface area (Å²) in [4.78, 5) is 18.4. The molecule has 178 valence electrons. The van der Waals surface area contributed by atoms with Crippen LogP contribution in [0.2, 0.25) is 0 Å². The summed E-state index contributed by atoms with van der Waals surface area (Å²) in [5, 5.41) is 11.3. The van der Waals surface area contributed by atoms with Gasteiger partial charge < -0.3 is 15.0 Å². The first-order valence-electron chi connectivity index (χ1n) is 11.8. The molecule has 0 spiro atoms. The van der Waals surface area contributed by atoms with Crippen molar-refractivity contribution in [3.05, 3.63) is 58.7 Å². The highest BCUT2D eigenvalue weighted by molar-refractivity contribution is 5.97. The monoisotopic (exact) mass is 463 g/mol. The van der Waals surface area contributed by atoms with Gasteiger partial charge in [-0.1, -0.05) is 23.3 Å². The second-order valence-electron chi connectivity index (χ2n) is 9.30. The number of rotatable bonds is 6. The van der Waals surface area contributed by atoms with E-state index in [1.807, 2.05) is 44.3 Å². The number of piperidine rings is 1. The third-order valence-corrected chi connectivity index (χ3v) is 7.09. The third kappa shape index (κ3) is 4.13. The number of amides is 1. The van der Waals surface area contributed by atoms with Crippen molar-refractivity contribution in [1.29, 1.82) is 0 Å². The summed E-state index contributed by atoms with van der Waals surface area (Å²) in [5.74, 6) is 1.00. The first-order chi connectivity index (χ1) is 16.4. The van der Waals surface area contributed by atoms with Gasteiger partial charge in [-0.3, -0.25) is 9.78 Å². The van der Waals surface area contributed by atoms with E-state index in [1.165, 1.54) is 12.7 Å². The minimum absolute atomic E-state index is 0.0693. The molecule has 8 heteroatoms. The molecule has 7 nitrogen and oxygen atoms in total. The number of nitrogens with one attached hydrogen (secondary N) is 2. The lowest BCUT2D eigenvalue weighted by Gasteiger charge is -2.37. The maximum absolute atomic E-state index is 15.7. The molecule has 1 aromatic heterocycles. The van der Waals surface area contributed by atoms with Crippen LogP contribution in [0.4, 0.5) is 10.1 Å². The summed E-state index contributed by atoms with van der Waals surface area (Å²) >= 11 is 0. The van der Waals surface area contributed by atoms with Gasteiger partial charge >= 0.3 is 6.01 Å². The normalized spacial score (nSPS) is 17.5. The van der Waals surface area contributed by atoms with Crippen LogP contribution in [0, 0.1) is 6.92 Å². The minimum Gasteiger partial charge on any atom is -0.467 e. The van der Waals surface area contributed by atoms with Crippen molar-refractivity contribution in [2.75, 3.05) is 32.6 Å². The Morgan fingerprint density at radius 3 is 2.47 bits per heavy atom. The molecule has 2 N–H and O–H groups in total. The van der Waals surface area contributed by atoms with Crippen molar-refractivity contribution in [3.8, 4) is 17.4 Å². The van der Waals surface area contributed by atoms with E-state index in [-0.39, 0.29) is 18.7 Å². The molecule has 1 aliphatic carbocycles. The molecule has 2 heterocycles. The van der Waals surface area contributed by atoms with Crippen LogP contribution >= 0.6 is 0 Å². The zero-order valence-electron chi connectivity index (χ0n) is 19.8. The smallest absolute Gasteiger partial charge is 0.314 e. The Balaban J connectivity index is 1.38. The molecule has 0 radical (unpaired) electrons. The van der Waals surface area contributed by atoms with Gasteiger partial charge in [-0.25, -0.2) is 4.39 Å². The maximum atomic E-state index is 15.7. The Labute approximate surface area is 198 Å². The second-order valence-corrected chi connectivity index (χ2v) is 9.30. The number of benzene rings is 2. The summed E-state index contributed by atoms with van der Waals surface area (Å²) in [6.07, 6.45) is 2.82. The number of likely N-dealkylation sites (tertiary alicyclic amines) is 1. The highest BCUT2D eigenvalue weighted by Crippen LogP contribution is 2.45. The van der Waals surface area contributed by atoms with Crippen LogP contribution in [-0.2, 0) is 5.67 Å². The number of carbonyl (C=O) groups is 1. The number of methoxy groups -OCH3 is 1. The zero-order chi connectivity index (χ0) is 23.9. The molecule has 0 bridgehead atoms. The van der Waals surface area contributed by atoms with Crippen molar-refractivity contribution in [2.24, 2.45) is 0 Å². The van der Waals surface area contributed by atoms with Gasteiger partial charge in [0, 0.05) is 49.8 Å². The van der Waals surface area contributed by atoms with E-state index in [0.717, 1.165) is 29.7 Å². The van der Waals surface area contributed by atoms with Crippen molar-refractivity contribution in [3.63, 3.8) is 0 Å². The molecule has 3 aromatic rings. The second kappa shape index (κ2) is 8.74. The minimum atomic E-state index is -1.42. The first-order valence-corrected chi connectivity index (χ1v) is 11.8. The van der Waals surface area contributed by atoms with E-state index in [0.29, 0.717) is 42.0 Å². The predicted molar refractivity (Wildman–Crippen MR) is 129 cm³/mol. The van der Waals surface area contributed by atoms with E-state index >= 15 is 4.39 Å². The van der Waals surface area contributed by atoms with Gasteiger partial charge in [0.1, 0.15) is 5.67 Å². The number of nitrogens with zero attached hydrogens (tertiary/aromatic N) is 3. The lowest BCUT2D eigenvalue weighted by Crippen LogP contribution is -2.43. The number of ether oxygens (including phenoxy) is 1. The Bertz CT molecular complexity index is 1190. The number of aryl methyl sites for hydroxylation is 1. The fourth-order valence-corrected chi connectivity index (χ4v) is 4.82. The van der Waals surface area contributed by atoms with Gasteiger partial charge in [-0.15, -0.1) is 5.10 Å². The maximum Gasteiger partial charge on any atom is 0.314 e. The number of hydrogen-bond acceptors (Lipinski definition) is 5. The van der Waals surface area contributed by atoms with Crippen LogP contribution in [0.5, 0.6) is 6.01 Å². The van der Waals surface area contributed by atoms with Crippen LogP contribution in [0.25, 0.3) is 11.4 Å². The van der Waals surface area contributed by atoms with Gasteiger partial charge in [0.05, 0.1) is 7.11 Å². The average molecular weight is 464 g/mol. The summed E-state index contributed by atoms with van der Waals surface area (Å²) in [6, 6.07) is 11.8. The average Bonchev–Trinajstić information content (AvgIpc) is 3.60. The number of aromatic amines is 1. The topological polar surface area (TPSA) is 83.1 Å². The van der Waals surface area contributed by atoms with Crippen LogP contribution in [0.1, 0.15) is 58.6 Å². The third-order valence-electron chi connectivity index (χ3n) is 7.09. The number of anilines is 1. The van der Waals surface area contributed by atoms with E-state index in [9.17, 15) is 4.79 Å². The predicted octanol–water partition coefficient (Wildman–Crippen LogP) is 4.81. The molecule has 2 aliphatic rings. The standard InChI is InChI=1S/C26H30FN5O2/c1-16-14-21(17-4-5-17)22(23-29-25(34-3)31-30-23)15-20(16)24(33)32-12-10-26(27,11-13-32)18-6-8-19(28-2)9-7-18/h6-9,14-15,17,28H,4-5,10-13H2,1-3H3,(H,29,30,31). The molecule has 1 amide bonds. The first kappa shape index (κ1) is 22.4. The van der Waals surface area contributed by atoms with Gasteiger partial charge in [0.25, 0.3) is 5.91 Å². The van der Waals surface area contributed by atoms with Gasteiger partial charge in [0.15, 0.2) is 5.82 Å². The number of carbonyl (C=O) groups excluding carboxylic acids is 1. The van der Waals surface area contributed by atoms with Crippen molar-refractivity contribution in [2.45, 2.75) is 44.2 Å². The molecule has 34 heavy (non-hydrogen) atoms. The number of H-pyrrole nitrogens is 1. The number of alkyl halides is 1. The molecule has 5 rings (SSSR count). The van der Waals surface area contributed by atoms with Crippen LogP contribution in [0.3, 0.4) is 0 Å². The molecule has 1 aliphatic heterocycles. The summed E-state index contributed by atoms with van der Waals surface area (Å²) in [5.41, 5.74) is 3.82. The summed E-state index contributed by atoms with van der Waals surface area (Å²) < 4.78 is 20.9. The molecule has 0 atom stereocenters. The molecular formula is C26H30FN5O2. The van der Waals surface area contributed by atoms with E-state index < -0.39 is 5.67 Å². The van der Waals surface area contributed by atoms with Crippen LogP contribution < -0.4 is 10.1 Å². The van der Waals surface area contributed by atoms with E-state index in [1.54, 1.807) is 4.90 Å². The number of aromatic nitrogens is 3. The Kier molecular flexibility index (Phi) is 5.75. The Hall–Kier alpha value is -3.42. The van der Waals surface area contributed by atoms with E-state index in [4.69, 9.17) is 4.74 Å². The molecule has 1 saturated heterocycles. The van der Waals surface area contributed by atoms with Crippen molar-refractivity contribution >= 4 is 11.6 Å². The van der Waals surface area contributed by atoms with Gasteiger partial charge in [-0.05, 0) is 60.6 Å². The quantitative estimate of drug-likeness (QED) is 0.548. The largest absolute Gasteiger partial charge is 0.467 e. The fourth-order valence-electron chi connectivity index (χ4n) is 4.82. The van der Waals surface area contributed by atoms with Gasteiger partial charge in [0.2, 0.25) is 0 Å². The van der Waals surface area contributed by atoms with Crippen molar-refractivity contribution < 1.29 is 13.9 Å². The Morgan fingerprint density at radius 2 is 1.88 bits per heavy atom. The fraction of sp³-hybridized carbons (Fsp3) is 0.423. The number of halogens is 1. The lowest BCUT2D eigenvalue weighted by atomic mass is 9.85.